The molecule has 0 aliphatic rings. The Kier molecular flexibility index (Phi) is 5.43. The smallest absolute Gasteiger partial charge is 0.311 e. The van der Waals surface area contributed by atoms with Gasteiger partial charge in [-0.1, -0.05) is 17.7 Å². The second-order valence-corrected chi connectivity index (χ2v) is 5.33. The Morgan fingerprint density at radius 1 is 1.21 bits per heavy atom. The van der Waals surface area contributed by atoms with E-state index in [9.17, 15) is 14.9 Å². The van der Waals surface area contributed by atoms with Gasteiger partial charge in [-0.3, -0.25) is 20.2 Å². The zero-order chi connectivity index (χ0) is 17.7. The van der Waals surface area contributed by atoms with E-state index in [2.05, 4.69) is 10.6 Å². The molecule has 0 aliphatic carbocycles. The number of anilines is 1. The molecule has 0 saturated carbocycles. The second-order valence-electron chi connectivity index (χ2n) is 4.92. The van der Waals surface area contributed by atoms with Gasteiger partial charge in [0.1, 0.15) is 0 Å². The van der Waals surface area contributed by atoms with Gasteiger partial charge in [0.05, 0.1) is 12.0 Å². The van der Waals surface area contributed by atoms with Gasteiger partial charge in [0.25, 0.3) is 5.91 Å². The molecule has 2 aromatic rings. The molecule has 2 N–H and O–H groups in total. The summed E-state index contributed by atoms with van der Waals surface area (Å²) in [5, 5.41) is 16.5. The molecule has 0 aliphatic heterocycles. The lowest BCUT2D eigenvalue weighted by atomic mass is 10.1. The third-order valence-electron chi connectivity index (χ3n) is 3.17. The van der Waals surface area contributed by atoms with E-state index >= 15 is 0 Å². The molecule has 0 radical (unpaired) electrons. The number of rotatable bonds is 4. The number of thiocarbonyl (C=S) groups is 1. The maximum atomic E-state index is 12.2. The Hall–Kier alpha value is -3.00. The van der Waals surface area contributed by atoms with Crippen LogP contribution in [0.5, 0.6) is 5.75 Å². The lowest BCUT2D eigenvalue weighted by Gasteiger charge is -2.10. The van der Waals surface area contributed by atoms with E-state index in [0.29, 0.717) is 0 Å². The van der Waals surface area contributed by atoms with Crippen LogP contribution in [-0.4, -0.2) is 23.1 Å². The number of nitrogens with zero attached hydrogens (tertiary/aromatic N) is 1. The normalized spacial score (nSPS) is 9.92. The van der Waals surface area contributed by atoms with Gasteiger partial charge in [0, 0.05) is 17.3 Å². The van der Waals surface area contributed by atoms with Gasteiger partial charge in [-0.25, -0.2) is 0 Å². The molecule has 2 aromatic carbocycles. The summed E-state index contributed by atoms with van der Waals surface area (Å²) in [6.07, 6.45) is 0. The van der Waals surface area contributed by atoms with Crippen molar-refractivity contribution in [2.45, 2.75) is 6.92 Å². The molecule has 0 unspecified atom stereocenters. The summed E-state index contributed by atoms with van der Waals surface area (Å²) in [6, 6.07) is 11.4. The van der Waals surface area contributed by atoms with Crippen LogP contribution in [0.4, 0.5) is 11.4 Å². The molecule has 1 amide bonds. The number of carbonyl (C=O) groups excluding carboxylic acids is 1. The van der Waals surface area contributed by atoms with Crippen molar-refractivity contribution in [3.8, 4) is 5.75 Å². The number of ether oxygens (including phenoxy) is 1. The molecule has 2 rings (SSSR count). The monoisotopic (exact) mass is 345 g/mol. The number of nitro benzene ring substituents is 1. The zero-order valence-electron chi connectivity index (χ0n) is 13.0. The molecule has 0 saturated heterocycles. The Bertz CT molecular complexity index is 790. The third-order valence-corrected chi connectivity index (χ3v) is 3.38. The van der Waals surface area contributed by atoms with Crippen molar-refractivity contribution in [3.63, 3.8) is 0 Å². The Labute approximate surface area is 143 Å². The van der Waals surface area contributed by atoms with Crippen LogP contribution >= 0.6 is 12.2 Å². The number of nitro groups is 1. The van der Waals surface area contributed by atoms with E-state index in [0.717, 1.165) is 17.3 Å². The number of benzene rings is 2. The first kappa shape index (κ1) is 17.4. The molecular formula is C16H15N3O4S. The molecule has 0 spiro atoms. The van der Waals surface area contributed by atoms with Crippen molar-refractivity contribution in [2.24, 2.45) is 0 Å². The molecule has 8 heteroatoms. The van der Waals surface area contributed by atoms with Crippen LogP contribution in [-0.2, 0) is 0 Å². The minimum atomic E-state index is -0.613. The van der Waals surface area contributed by atoms with Gasteiger partial charge in [-0.15, -0.1) is 0 Å². The van der Waals surface area contributed by atoms with Crippen molar-refractivity contribution in [3.05, 3.63) is 63.7 Å². The van der Waals surface area contributed by atoms with Gasteiger partial charge >= 0.3 is 5.69 Å². The number of carbonyl (C=O) groups is 1. The lowest BCUT2D eigenvalue weighted by Crippen LogP contribution is -2.34. The highest BCUT2D eigenvalue weighted by molar-refractivity contribution is 7.80. The molecular weight excluding hydrogens is 330 g/mol. The zero-order valence-corrected chi connectivity index (χ0v) is 13.8. The average Bonchev–Trinajstić information content (AvgIpc) is 2.56. The first-order valence-electron chi connectivity index (χ1n) is 6.92. The first-order chi connectivity index (χ1) is 11.4. The van der Waals surface area contributed by atoms with Gasteiger partial charge in [-0.2, -0.15) is 0 Å². The third kappa shape index (κ3) is 4.26. The summed E-state index contributed by atoms with van der Waals surface area (Å²) in [5.41, 5.74) is 1.64. The van der Waals surface area contributed by atoms with E-state index in [1.54, 1.807) is 0 Å². The predicted octanol–water partition coefficient (Wildman–Crippen LogP) is 3.04. The van der Waals surface area contributed by atoms with E-state index in [1.165, 1.54) is 19.2 Å². The number of aryl methyl sites for hydroxylation is 1. The quantitative estimate of drug-likeness (QED) is 0.502. The highest BCUT2D eigenvalue weighted by Crippen LogP contribution is 2.27. The highest BCUT2D eigenvalue weighted by Gasteiger charge is 2.18. The molecule has 0 fully saturated rings. The standard InChI is InChI=1S/C16H15N3O4S/c1-10-3-6-12(7-4-10)17-16(24)18-15(20)11-5-8-14(23-2)13(9-11)19(21)22/h3-9H,1-2H3,(H2,17,18,20,24). The Morgan fingerprint density at radius 3 is 2.46 bits per heavy atom. The molecule has 0 heterocycles. The van der Waals surface area contributed by atoms with Crippen molar-refractivity contribution in [2.75, 3.05) is 12.4 Å². The summed E-state index contributed by atoms with van der Waals surface area (Å²) >= 11 is 5.08. The molecule has 7 nitrogen and oxygen atoms in total. The van der Waals surface area contributed by atoms with E-state index in [1.807, 2.05) is 31.2 Å². The molecule has 124 valence electrons. The summed E-state index contributed by atoms with van der Waals surface area (Å²) < 4.78 is 4.90. The van der Waals surface area contributed by atoms with Crippen LogP contribution in [0.2, 0.25) is 0 Å². The van der Waals surface area contributed by atoms with Gasteiger partial charge in [0.15, 0.2) is 10.9 Å². The fourth-order valence-corrected chi connectivity index (χ4v) is 2.16. The van der Waals surface area contributed by atoms with Crippen molar-refractivity contribution < 1.29 is 14.5 Å². The fraction of sp³-hybridized carbons (Fsp3) is 0.125. The molecule has 0 aromatic heterocycles. The SMILES string of the molecule is COc1ccc(C(=O)NC(=S)Nc2ccc(C)cc2)cc1[N+](=O)[O-]. The van der Waals surface area contributed by atoms with Crippen LogP contribution in [0.15, 0.2) is 42.5 Å². The van der Waals surface area contributed by atoms with Gasteiger partial charge in [0.2, 0.25) is 0 Å². The van der Waals surface area contributed by atoms with Crippen molar-refractivity contribution in [1.29, 1.82) is 0 Å². The Morgan fingerprint density at radius 2 is 1.88 bits per heavy atom. The maximum absolute atomic E-state index is 12.2. The summed E-state index contributed by atoms with van der Waals surface area (Å²) in [7, 11) is 1.32. The minimum absolute atomic E-state index is 0.0805. The van der Waals surface area contributed by atoms with Crippen LogP contribution in [0, 0.1) is 17.0 Å². The minimum Gasteiger partial charge on any atom is -0.490 e. The Balaban J connectivity index is 2.08. The maximum Gasteiger partial charge on any atom is 0.311 e. The van der Waals surface area contributed by atoms with Gasteiger partial charge in [-0.05, 0) is 43.4 Å². The largest absolute Gasteiger partial charge is 0.490 e. The molecule has 0 atom stereocenters. The summed E-state index contributed by atoms with van der Waals surface area (Å²) in [5.74, 6) is -0.470. The number of amides is 1. The van der Waals surface area contributed by atoms with Crippen LogP contribution < -0.4 is 15.4 Å². The fourth-order valence-electron chi connectivity index (χ4n) is 1.95. The first-order valence-corrected chi connectivity index (χ1v) is 7.33. The van der Waals surface area contributed by atoms with E-state index in [4.69, 9.17) is 17.0 Å². The highest BCUT2D eigenvalue weighted by atomic mass is 32.1. The van der Waals surface area contributed by atoms with Crippen LogP contribution in [0.1, 0.15) is 15.9 Å². The number of methoxy groups -OCH3 is 1. The number of hydrogen-bond acceptors (Lipinski definition) is 5. The lowest BCUT2D eigenvalue weighted by molar-refractivity contribution is -0.385. The van der Waals surface area contributed by atoms with Gasteiger partial charge < -0.3 is 10.1 Å². The topological polar surface area (TPSA) is 93.5 Å². The summed E-state index contributed by atoms with van der Waals surface area (Å²) in [4.78, 5) is 22.6. The molecule has 24 heavy (non-hydrogen) atoms. The number of hydrogen-bond donors (Lipinski definition) is 2. The van der Waals surface area contributed by atoms with Crippen LogP contribution in [0.25, 0.3) is 0 Å². The predicted molar refractivity (Wildman–Crippen MR) is 94.5 cm³/mol. The van der Waals surface area contributed by atoms with Crippen molar-refractivity contribution in [1.82, 2.24) is 5.32 Å². The second kappa shape index (κ2) is 7.51. The van der Waals surface area contributed by atoms with Crippen molar-refractivity contribution >= 4 is 34.6 Å². The van der Waals surface area contributed by atoms with E-state index < -0.39 is 10.8 Å². The molecule has 0 bridgehead atoms. The van der Waals surface area contributed by atoms with Crippen LogP contribution in [0.3, 0.4) is 0 Å². The van der Waals surface area contributed by atoms with E-state index in [-0.39, 0.29) is 22.1 Å². The average molecular weight is 345 g/mol. The number of nitrogens with one attached hydrogen (secondary N) is 2. The summed E-state index contributed by atoms with van der Waals surface area (Å²) in [6.45, 7) is 1.96.